The lowest BCUT2D eigenvalue weighted by molar-refractivity contribution is 0.0146. The van der Waals surface area contributed by atoms with Crippen molar-refractivity contribution in [1.82, 2.24) is 0 Å². The molecule has 0 aliphatic carbocycles. The van der Waals surface area contributed by atoms with Crippen molar-refractivity contribution in [1.29, 1.82) is 0 Å². The van der Waals surface area contributed by atoms with Crippen molar-refractivity contribution in [3.05, 3.63) is 28.8 Å². The average Bonchev–Trinajstić information content (AvgIpc) is 2.23. The first-order chi connectivity index (χ1) is 7.47. The van der Waals surface area contributed by atoms with E-state index in [1.807, 2.05) is 26.0 Å². The first-order valence-corrected chi connectivity index (χ1v) is 5.40. The van der Waals surface area contributed by atoms with Crippen LogP contribution in [0, 0.1) is 13.8 Å². The van der Waals surface area contributed by atoms with Gasteiger partial charge in [-0.25, -0.2) is 0 Å². The maximum absolute atomic E-state index is 9.97. The van der Waals surface area contributed by atoms with Crippen molar-refractivity contribution in [2.45, 2.75) is 32.5 Å². The van der Waals surface area contributed by atoms with E-state index in [-0.39, 0.29) is 0 Å². The molecular weight excluding hydrogens is 204 g/mol. The van der Waals surface area contributed by atoms with Gasteiger partial charge in [0.25, 0.3) is 0 Å². The molecule has 4 nitrogen and oxygen atoms in total. The van der Waals surface area contributed by atoms with Crippen LogP contribution >= 0.6 is 0 Å². The summed E-state index contributed by atoms with van der Waals surface area (Å²) in [6.45, 7) is 4.09. The standard InChI is InChI=1S/C12H20N2O2/c1-7-6-10(14)8(2)5-9(7)12(16)11(15)3-4-13/h5-6,11-12,15-16H,3-4,13-14H2,1-2H3. The van der Waals surface area contributed by atoms with Crippen molar-refractivity contribution in [2.24, 2.45) is 5.73 Å². The fraction of sp³-hybridized carbons (Fsp3) is 0.500. The van der Waals surface area contributed by atoms with Gasteiger partial charge in [-0.2, -0.15) is 0 Å². The first-order valence-electron chi connectivity index (χ1n) is 5.40. The van der Waals surface area contributed by atoms with Crippen LogP contribution < -0.4 is 11.5 Å². The number of aliphatic hydroxyl groups is 2. The van der Waals surface area contributed by atoms with Gasteiger partial charge in [0.1, 0.15) is 6.10 Å². The zero-order valence-corrected chi connectivity index (χ0v) is 9.77. The SMILES string of the molecule is Cc1cc(C(O)C(O)CCN)c(C)cc1N. The van der Waals surface area contributed by atoms with E-state index < -0.39 is 12.2 Å². The van der Waals surface area contributed by atoms with Gasteiger partial charge >= 0.3 is 0 Å². The highest BCUT2D eigenvalue weighted by Gasteiger charge is 2.19. The monoisotopic (exact) mass is 224 g/mol. The maximum atomic E-state index is 9.97. The number of hydrogen-bond acceptors (Lipinski definition) is 4. The van der Waals surface area contributed by atoms with Gasteiger partial charge in [0.2, 0.25) is 0 Å². The van der Waals surface area contributed by atoms with Crippen LogP contribution in [0.4, 0.5) is 5.69 Å². The van der Waals surface area contributed by atoms with E-state index in [0.717, 1.165) is 11.1 Å². The van der Waals surface area contributed by atoms with Crippen LogP contribution in [0.1, 0.15) is 29.2 Å². The molecule has 0 heterocycles. The lowest BCUT2D eigenvalue weighted by Gasteiger charge is -2.20. The Hall–Kier alpha value is -1.10. The molecule has 2 atom stereocenters. The number of nitrogens with two attached hydrogens (primary N) is 2. The summed E-state index contributed by atoms with van der Waals surface area (Å²) < 4.78 is 0. The molecule has 2 unspecified atom stereocenters. The lowest BCUT2D eigenvalue weighted by Crippen LogP contribution is -2.22. The number of benzene rings is 1. The molecule has 0 aromatic heterocycles. The molecule has 1 rings (SSSR count). The van der Waals surface area contributed by atoms with Crippen molar-refractivity contribution < 1.29 is 10.2 Å². The molecule has 0 aliphatic heterocycles. The normalized spacial score (nSPS) is 14.8. The van der Waals surface area contributed by atoms with E-state index in [2.05, 4.69) is 0 Å². The molecule has 4 heteroatoms. The maximum Gasteiger partial charge on any atom is 0.105 e. The summed E-state index contributed by atoms with van der Waals surface area (Å²) in [5.41, 5.74) is 14.3. The Bertz CT molecular complexity index is 366. The van der Waals surface area contributed by atoms with Crippen LogP contribution in [0.3, 0.4) is 0 Å². The second-order valence-corrected chi connectivity index (χ2v) is 4.15. The Morgan fingerprint density at radius 2 is 1.81 bits per heavy atom. The van der Waals surface area contributed by atoms with Gasteiger partial charge < -0.3 is 21.7 Å². The number of aryl methyl sites for hydroxylation is 2. The van der Waals surface area contributed by atoms with E-state index >= 15 is 0 Å². The molecule has 90 valence electrons. The van der Waals surface area contributed by atoms with Gasteiger partial charge in [-0.3, -0.25) is 0 Å². The zero-order chi connectivity index (χ0) is 12.3. The van der Waals surface area contributed by atoms with Crippen LogP contribution in [-0.4, -0.2) is 22.9 Å². The molecule has 1 aromatic carbocycles. The fourth-order valence-corrected chi connectivity index (χ4v) is 1.72. The summed E-state index contributed by atoms with van der Waals surface area (Å²) in [5.74, 6) is 0. The highest BCUT2D eigenvalue weighted by atomic mass is 16.3. The summed E-state index contributed by atoms with van der Waals surface area (Å²) in [6, 6.07) is 3.62. The quantitative estimate of drug-likeness (QED) is 0.564. The summed E-state index contributed by atoms with van der Waals surface area (Å²) in [4.78, 5) is 0. The molecular formula is C12H20N2O2. The van der Waals surface area contributed by atoms with Gasteiger partial charge in [0.15, 0.2) is 0 Å². The van der Waals surface area contributed by atoms with E-state index in [9.17, 15) is 10.2 Å². The highest BCUT2D eigenvalue weighted by Crippen LogP contribution is 2.26. The molecule has 0 amide bonds. The summed E-state index contributed by atoms with van der Waals surface area (Å²) >= 11 is 0. The average molecular weight is 224 g/mol. The van der Waals surface area contributed by atoms with E-state index in [1.165, 1.54) is 0 Å². The molecule has 1 aromatic rings. The number of rotatable bonds is 4. The minimum Gasteiger partial charge on any atom is -0.399 e. The third-order valence-corrected chi connectivity index (χ3v) is 2.80. The number of hydrogen-bond donors (Lipinski definition) is 4. The van der Waals surface area contributed by atoms with E-state index in [1.54, 1.807) is 0 Å². The molecule has 0 fully saturated rings. The summed E-state index contributed by atoms with van der Waals surface area (Å²) in [7, 11) is 0. The van der Waals surface area contributed by atoms with Crippen LogP contribution in [0.15, 0.2) is 12.1 Å². The topological polar surface area (TPSA) is 92.5 Å². The second-order valence-electron chi connectivity index (χ2n) is 4.15. The largest absolute Gasteiger partial charge is 0.399 e. The fourth-order valence-electron chi connectivity index (χ4n) is 1.72. The number of anilines is 1. The Morgan fingerprint density at radius 1 is 1.19 bits per heavy atom. The van der Waals surface area contributed by atoms with E-state index in [4.69, 9.17) is 11.5 Å². The molecule has 0 radical (unpaired) electrons. The van der Waals surface area contributed by atoms with Crippen molar-refractivity contribution in [3.63, 3.8) is 0 Å². The summed E-state index contributed by atoms with van der Waals surface area (Å²) in [5, 5.41) is 19.7. The molecule has 0 saturated heterocycles. The van der Waals surface area contributed by atoms with Gasteiger partial charge in [-0.15, -0.1) is 0 Å². The van der Waals surface area contributed by atoms with Crippen LogP contribution in [0.25, 0.3) is 0 Å². The molecule has 0 aliphatic rings. The Kier molecular flexibility index (Phi) is 4.29. The number of aliphatic hydroxyl groups excluding tert-OH is 2. The zero-order valence-electron chi connectivity index (χ0n) is 9.77. The Labute approximate surface area is 95.9 Å². The van der Waals surface area contributed by atoms with Crippen LogP contribution in [-0.2, 0) is 0 Å². The van der Waals surface area contributed by atoms with Gasteiger partial charge in [-0.05, 0) is 49.6 Å². The predicted octanol–water partition coefficient (Wildman–Crippen LogP) is 0.629. The van der Waals surface area contributed by atoms with Gasteiger partial charge in [-0.1, -0.05) is 6.07 Å². The highest BCUT2D eigenvalue weighted by molar-refractivity contribution is 5.51. The molecule has 6 N–H and O–H groups in total. The second kappa shape index (κ2) is 5.30. The van der Waals surface area contributed by atoms with Crippen molar-refractivity contribution in [2.75, 3.05) is 12.3 Å². The molecule has 0 spiro atoms. The Morgan fingerprint density at radius 3 is 2.38 bits per heavy atom. The third kappa shape index (κ3) is 2.72. The summed E-state index contributed by atoms with van der Waals surface area (Å²) in [6.07, 6.45) is -1.35. The van der Waals surface area contributed by atoms with Crippen LogP contribution in [0.2, 0.25) is 0 Å². The number of nitrogen functional groups attached to an aromatic ring is 1. The predicted molar refractivity (Wildman–Crippen MR) is 65.0 cm³/mol. The third-order valence-electron chi connectivity index (χ3n) is 2.80. The van der Waals surface area contributed by atoms with Crippen molar-refractivity contribution >= 4 is 5.69 Å². The minimum absolute atomic E-state index is 0.352. The van der Waals surface area contributed by atoms with Gasteiger partial charge in [0, 0.05) is 5.69 Å². The Balaban J connectivity index is 2.99. The van der Waals surface area contributed by atoms with Crippen molar-refractivity contribution in [3.8, 4) is 0 Å². The van der Waals surface area contributed by atoms with Gasteiger partial charge in [0.05, 0.1) is 6.10 Å². The minimum atomic E-state index is -0.900. The smallest absolute Gasteiger partial charge is 0.105 e. The lowest BCUT2D eigenvalue weighted by atomic mass is 9.95. The molecule has 0 saturated carbocycles. The molecule has 0 bridgehead atoms. The van der Waals surface area contributed by atoms with Crippen LogP contribution in [0.5, 0.6) is 0 Å². The molecule has 16 heavy (non-hydrogen) atoms. The first kappa shape index (κ1) is 13.0. The van der Waals surface area contributed by atoms with E-state index in [0.29, 0.717) is 24.2 Å².